The Labute approximate surface area is 147 Å². The van der Waals surface area contributed by atoms with Crippen molar-refractivity contribution in [2.75, 3.05) is 19.6 Å². The summed E-state index contributed by atoms with van der Waals surface area (Å²) in [6, 6.07) is 1.23. The predicted molar refractivity (Wildman–Crippen MR) is 97.3 cm³/mol. The monoisotopic (exact) mass is 340 g/mol. The van der Waals surface area contributed by atoms with Crippen molar-refractivity contribution in [2.24, 2.45) is 23.5 Å². The molecule has 0 radical (unpaired) electrons. The Bertz CT molecular complexity index is 394. The summed E-state index contributed by atoms with van der Waals surface area (Å²) >= 11 is 0. The molecule has 0 aromatic rings. The topological polar surface area (TPSA) is 53.3 Å². The Morgan fingerprint density at radius 3 is 2.75 bits per heavy atom. The summed E-state index contributed by atoms with van der Waals surface area (Å²) in [5.41, 5.74) is 6.09. The maximum atomic E-state index is 13.8. The molecule has 2 aliphatic heterocycles. The molecule has 0 spiro atoms. The zero-order valence-electron chi connectivity index (χ0n) is 15.5. The lowest BCUT2D eigenvalue weighted by Crippen LogP contribution is -2.45. The summed E-state index contributed by atoms with van der Waals surface area (Å²) in [6.45, 7) is 7.49. The highest BCUT2D eigenvalue weighted by Crippen LogP contribution is 2.38. The van der Waals surface area contributed by atoms with Crippen molar-refractivity contribution < 1.29 is 4.39 Å². The van der Waals surface area contributed by atoms with Gasteiger partial charge in [0.2, 0.25) is 0 Å². The summed E-state index contributed by atoms with van der Waals surface area (Å²) in [4.78, 5) is 2.38. The minimum Gasteiger partial charge on any atom is -0.313 e. The van der Waals surface area contributed by atoms with Crippen LogP contribution in [0.1, 0.15) is 58.8 Å². The van der Waals surface area contributed by atoms with E-state index in [2.05, 4.69) is 29.4 Å². The van der Waals surface area contributed by atoms with E-state index in [9.17, 15) is 4.39 Å². The molecule has 7 atom stereocenters. The van der Waals surface area contributed by atoms with Gasteiger partial charge in [0.15, 0.2) is 0 Å². The first kappa shape index (κ1) is 18.6. The molecule has 0 aromatic carbocycles. The van der Waals surface area contributed by atoms with Crippen molar-refractivity contribution >= 4 is 0 Å². The summed E-state index contributed by atoms with van der Waals surface area (Å²) in [7, 11) is 0. The van der Waals surface area contributed by atoms with E-state index < -0.39 is 6.17 Å². The lowest BCUT2D eigenvalue weighted by atomic mass is 9.74. The fraction of sp³-hybridized carbons (Fsp3) is 1.00. The van der Waals surface area contributed by atoms with Gasteiger partial charge in [0.1, 0.15) is 12.5 Å². The SMILES string of the molecule is CCN1C(CCCC2CCNC2C2CCC(F)C(C)C2)CNC1N. The predicted octanol–water partition coefficient (Wildman–Crippen LogP) is 2.45. The van der Waals surface area contributed by atoms with Gasteiger partial charge in [-0.05, 0) is 69.4 Å². The number of halogens is 1. The van der Waals surface area contributed by atoms with Crippen LogP contribution < -0.4 is 16.4 Å². The van der Waals surface area contributed by atoms with Crippen LogP contribution in [-0.2, 0) is 0 Å². The number of hydrogen-bond acceptors (Lipinski definition) is 4. The summed E-state index contributed by atoms with van der Waals surface area (Å²) in [5.74, 6) is 1.72. The van der Waals surface area contributed by atoms with Crippen LogP contribution >= 0.6 is 0 Å². The fourth-order valence-corrected chi connectivity index (χ4v) is 5.44. The molecule has 0 bridgehead atoms. The van der Waals surface area contributed by atoms with Crippen molar-refractivity contribution in [3.8, 4) is 0 Å². The van der Waals surface area contributed by atoms with Crippen LogP contribution in [0.15, 0.2) is 0 Å². The zero-order chi connectivity index (χ0) is 17.1. The summed E-state index contributed by atoms with van der Waals surface area (Å²) < 4.78 is 13.8. The van der Waals surface area contributed by atoms with Crippen molar-refractivity contribution in [2.45, 2.75) is 83.3 Å². The zero-order valence-corrected chi connectivity index (χ0v) is 15.5. The van der Waals surface area contributed by atoms with Gasteiger partial charge in [0.25, 0.3) is 0 Å². The first-order valence-electron chi connectivity index (χ1n) is 10.2. The van der Waals surface area contributed by atoms with Gasteiger partial charge in [0.05, 0.1) is 0 Å². The van der Waals surface area contributed by atoms with Gasteiger partial charge >= 0.3 is 0 Å². The molecule has 7 unspecified atom stereocenters. The fourth-order valence-electron chi connectivity index (χ4n) is 5.44. The van der Waals surface area contributed by atoms with Gasteiger partial charge < -0.3 is 11.1 Å². The van der Waals surface area contributed by atoms with Crippen LogP contribution in [0.2, 0.25) is 0 Å². The second-order valence-electron chi connectivity index (χ2n) is 8.36. The normalized spacial score (nSPS) is 44.2. The van der Waals surface area contributed by atoms with Crippen molar-refractivity contribution in [1.82, 2.24) is 15.5 Å². The number of nitrogens with zero attached hydrogens (tertiary/aromatic N) is 1. The van der Waals surface area contributed by atoms with Crippen molar-refractivity contribution in [1.29, 1.82) is 0 Å². The number of likely N-dealkylation sites (N-methyl/N-ethyl adjacent to an activating group) is 1. The van der Waals surface area contributed by atoms with E-state index in [1.165, 1.54) is 25.7 Å². The third kappa shape index (κ3) is 4.12. The van der Waals surface area contributed by atoms with Crippen LogP contribution in [-0.4, -0.2) is 49.1 Å². The average Bonchev–Trinajstić information content (AvgIpc) is 3.17. The van der Waals surface area contributed by atoms with E-state index in [1.54, 1.807) is 0 Å². The molecule has 5 heteroatoms. The third-order valence-electron chi connectivity index (χ3n) is 6.88. The Kier molecular flexibility index (Phi) is 6.52. The van der Waals surface area contributed by atoms with Crippen LogP contribution in [0.4, 0.5) is 4.39 Å². The second-order valence-corrected chi connectivity index (χ2v) is 8.36. The molecule has 24 heavy (non-hydrogen) atoms. The quantitative estimate of drug-likeness (QED) is 0.695. The molecule has 140 valence electrons. The largest absolute Gasteiger partial charge is 0.313 e. The first-order chi connectivity index (χ1) is 11.6. The number of nitrogens with two attached hydrogens (primary N) is 1. The molecule has 3 aliphatic rings. The van der Waals surface area contributed by atoms with Gasteiger partial charge in [0, 0.05) is 18.6 Å². The first-order valence-corrected chi connectivity index (χ1v) is 10.2. The Morgan fingerprint density at radius 2 is 2.00 bits per heavy atom. The van der Waals surface area contributed by atoms with Crippen LogP contribution in [0.5, 0.6) is 0 Å². The van der Waals surface area contributed by atoms with Crippen molar-refractivity contribution in [3.05, 3.63) is 0 Å². The Hall–Kier alpha value is -0.230. The maximum Gasteiger partial charge on any atom is 0.112 e. The minimum absolute atomic E-state index is 0.0401. The summed E-state index contributed by atoms with van der Waals surface area (Å²) in [5, 5.41) is 7.13. The Balaban J connectivity index is 1.45. The molecule has 2 heterocycles. The highest BCUT2D eigenvalue weighted by Gasteiger charge is 2.38. The van der Waals surface area contributed by atoms with Crippen LogP contribution in [0, 0.1) is 17.8 Å². The van der Waals surface area contributed by atoms with Gasteiger partial charge in [-0.1, -0.05) is 20.3 Å². The van der Waals surface area contributed by atoms with E-state index in [-0.39, 0.29) is 12.2 Å². The molecule has 3 fully saturated rings. The summed E-state index contributed by atoms with van der Waals surface area (Å²) in [6.07, 6.45) is 7.52. The van der Waals surface area contributed by atoms with Gasteiger partial charge in [-0.3, -0.25) is 10.2 Å². The van der Waals surface area contributed by atoms with E-state index in [0.29, 0.717) is 18.0 Å². The average molecular weight is 341 g/mol. The molecule has 4 nitrogen and oxygen atoms in total. The van der Waals surface area contributed by atoms with Crippen LogP contribution in [0.25, 0.3) is 0 Å². The van der Waals surface area contributed by atoms with Crippen molar-refractivity contribution in [3.63, 3.8) is 0 Å². The molecular weight excluding hydrogens is 303 g/mol. The smallest absolute Gasteiger partial charge is 0.112 e. The lowest BCUT2D eigenvalue weighted by Gasteiger charge is -2.36. The third-order valence-corrected chi connectivity index (χ3v) is 6.88. The molecule has 3 rings (SSSR count). The van der Waals surface area contributed by atoms with Gasteiger partial charge in [-0.25, -0.2) is 4.39 Å². The maximum absolute atomic E-state index is 13.8. The molecule has 4 N–H and O–H groups in total. The van der Waals surface area contributed by atoms with E-state index in [1.807, 2.05) is 0 Å². The minimum atomic E-state index is -0.569. The van der Waals surface area contributed by atoms with Crippen LogP contribution in [0.3, 0.4) is 0 Å². The molecule has 1 saturated carbocycles. The number of nitrogens with one attached hydrogen (secondary N) is 2. The molecule has 0 aromatic heterocycles. The molecular formula is C19H37FN4. The standard InChI is InChI=1S/C19H37FN4/c1-3-24-16(12-23-19(24)21)6-4-5-14-9-10-22-18(14)15-7-8-17(20)13(2)11-15/h13-19,22-23H,3-12,21H2,1-2H3. The number of alkyl halides is 1. The highest BCUT2D eigenvalue weighted by molar-refractivity contribution is 4.93. The van der Waals surface area contributed by atoms with E-state index in [0.717, 1.165) is 44.8 Å². The molecule has 2 saturated heterocycles. The highest BCUT2D eigenvalue weighted by atomic mass is 19.1. The van der Waals surface area contributed by atoms with Gasteiger partial charge in [-0.2, -0.15) is 0 Å². The molecule has 1 aliphatic carbocycles. The number of hydrogen-bond donors (Lipinski definition) is 3. The van der Waals surface area contributed by atoms with E-state index in [4.69, 9.17) is 5.73 Å². The molecule has 0 amide bonds. The Morgan fingerprint density at radius 1 is 1.17 bits per heavy atom. The van der Waals surface area contributed by atoms with Gasteiger partial charge in [-0.15, -0.1) is 0 Å². The second kappa shape index (κ2) is 8.43. The lowest BCUT2D eigenvalue weighted by molar-refractivity contribution is 0.112. The van der Waals surface area contributed by atoms with E-state index >= 15 is 0 Å². The number of rotatable bonds is 6.